The van der Waals surface area contributed by atoms with Gasteiger partial charge in [-0.25, -0.2) is 0 Å². The van der Waals surface area contributed by atoms with E-state index in [-0.39, 0.29) is 24.3 Å². The molecule has 2 rings (SSSR count). The third-order valence-electron chi connectivity index (χ3n) is 3.11. The summed E-state index contributed by atoms with van der Waals surface area (Å²) < 4.78 is 10.5. The summed E-state index contributed by atoms with van der Waals surface area (Å²) in [4.78, 5) is 23.1. The second-order valence-corrected chi connectivity index (χ2v) is 4.62. The molecule has 0 N–H and O–H groups in total. The Bertz CT molecular complexity index is 441. The molecule has 1 heterocycles. The Kier molecular flexibility index (Phi) is 4.68. The lowest BCUT2D eigenvalue weighted by molar-refractivity contribution is -0.148. The molecule has 4 nitrogen and oxygen atoms in total. The summed E-state index contributed by atoms with van der Waals surface area (Å²) in [6.07, 6.45) is 0.338. The van der Waals surface area contributed by atoms with Crippen molar-refractivity contribution in [1.82, 2.24) is 0 Å². The lowest BCUT2D eigenvalue weighted by atomic mass is 10.0. The van der Waals surface area contributed by atoms with Gasteiger partial charge in [0.25, 0.3) is 0 Å². The topological polar surface area (TPSA) is 52.6 Å². The van der Waals surface area contributed by atoms with Crippen LogP contribution >= 0.6 is 0 Å². The van der Waals surface area contributed by atoms with Crippen molar-refractivity contribution in [3.63, 3.8) is 0 Å². The van der Waals surface area contributed by atoms with E-state index in [9.17, 15) is 9.59 Å². The Morgan fingerprint density at radius 2 is 2.11 bits per heavy atom. The number of benzene rings is 1. The van der Waals surface area contributed by atoms with Crippen molar-refractivity contribution >= 4 is 11.8 Å². The molecule has 0 bridgehead atoms. The summed E-state index contributed by atoms with van der Waals surface area (Å²) in [5.41, 5.74) is 1.14. The second kappa shape index (κ2) is 6.48. The van der Waals surface area contributed by atoms with Crippen LogP contribution in [-0.4, -0.2) is 30.6 Å². The van der Waals surface area contributed by atoms with Gasteiger partial charge in [0.2, 0.25) is 0 Å². The summed E-state index contributed by atoms with van der Waals surface area (Å²) in [6.45, 7) is 2.07. The summed E-state index contributed by atoms with van der Waals surface area (Å²) in [7, 11) is 0. The van der Waals surface area contributed by atoms with Crippen LogP contribution in [-0.2, 0) is 25.5 Å². The molecule has 102 valence electrons. The maximum atomic E-state index is 11.8. The molecule has 0 aromatic heterocycles. The predicted molar refractivity (Wildman–Crippen MR) is 69.7 cm³/mol. The van der Waals surface area contributed by atoms with Crippen LogP contribution in [0, 0.1) is 0 Å². The quantitative estimate of drug-likeness (QED) is 0.761. The Balaban J connectivity index is 1.87. The van der Waals surface area contributed by atoms with E-state index < -0.39 is 6.10 Å². The van der Waals surface area contributed by atoms with Gasteiger partial charge in [-0.05, 0) is 18.9 Å². The molecule has 0 amide bonds. The van der Waals surface area contributed by atoms with Crippen molar-refractivity contribution in [3.05, 3.63) is 35.9 Å². The number of Topliss-reactive ketones (excluding diaryl/α,β-unsaturated/α-hetero) is 1. The number of ketones is 1. The molecule has 0 aliphatic carbocycles. The van der Waals surface area contributed by atoms with E-state index in [2.05, 4.69) is 0 Å². The van der Waals surface area contributed by atoms with Crippen LogP contribution in [0.15, 0.2) is 30.3 Å². The van der Waals surface area contributed by atoms with Crippen LogP contribution in [0.25, 0.3) is 0 Å². The van der Waals surface area contributed by atoms with E-state index >= 15 is 0 Å². The van der Waals surface area contributed by atoms with Crippen LogP contribution in [0.2, 0.25) is 0 Å². The van der Waals surface area contributed by atoms with Crippen LogP contribution in [0.4, 0.5) is 0 Å². The largest absolute Gasteiger partial charge is 0.466 e. The van der Waals surface area contributed by atoms with Gasteiger partial charge in [-0.3, -0.25) is 9.59 Å². The molecule has 0 radical (unpaired) electrons. The molecule has 1 fully saturated rings. The first-order chi connectivity index (χ1) is 9.19. The van der Waals surface area contributed by atoms with E-state index in [4.69, 9.17) is 9.47 Å². The molecule has 0 spiro atoms. The van der Waals surface area contributed by atoms with Gasteiger partial charge in [-0.1, -0.05) is 30.3 Å². The first-order valence-corrected chi connectivity index (χ1v) is 6.56. The Labute approximate surface area is 112 Å². The zero-order valence-electron chi connectivity index (χ0n) is 11.0. The van der Waals surface area contributed by atoms with E-state index in [0.29, 0.717) is 19.4 Å². The van der Waals surface area contributed by atoms with Crippen LogP contribution in [0.3, 0.4) is 0 Å². The van der Waals surface area contributed by atoms with Gasteiger partial charge >= 0.3 is 5.97 Å². The highest BCUT2D eigenvalue weighted by Crippen LogP contribution is 2.22. The maximum absolute atomic E-state index is 11.8. The maximum Gasteiger partial charge on any atom is 0.308 e. The highest BCUT2D eigenvalue weighted by Gasteiger charge is 2.35. The van der Waals surface area contributed by atoms with Gasteiger partial charge in [-0.2, -0.15) is 0 Å². The van der Waals surface area contributed by atoms with Gasteiger partial charge < -0.3 is 9.47 Å². The SMILES string of the molecule is CCOC(=O)C[C@H]1O[C@@H](Cc2ccccc2)CC1=O. The molecular weight excluding hydrogens is 244 g/mol. The highest BCUT2D eigenvalue weighted by atomic mass is 16.5. The first kappa shape index (κ1) is 13.7. The Hall–Kier alpha value is -1.68. The summed E-state index contributed by atoms with van der Waals surface area (Å²) >= 11 is 0. The van der Waals surface area contributed by atoms with Gasteiger partial charge in [-0.15, -0.1) is 0 Å². The summed E-state index contributed by atoms with van der Waals surface area (Å²) in [6, 6.07) is 9.89. The van der Waals surface area contributed by atoms with Crippen molar-refractivity contribution in [2.75, 3.05) is 6.61 Å². The lowest BCUT2D eigenvalue weighted by Gasteiger charge is -2.12. The minimum atomic E-state index is -0.632. The molecule has 1 aromatic rings. The first-order valence-electron chi connectivity index (χ1n) is 6.56. The number of hydrogen-bond donors (Lipinski definition) is 0. The van der Waals surface area contributed by atoms with Crippen molar-refractivity contribution < 1.29 is 19.1 Å². The average Bonchev–Trinajstić information content (AvgIpc) is 2.71. The third-order valence-corrected chi connectivity index (χ3v) is 3.11. The smallest absolute Gasteiger partial charge is 0.308 e. The number of rotatable bonds is 5. The minimum Gasteiger partial charge on any atom is -0.466 e. The van der Waals surface area contributed by atoms with Crippen LogP contribution < -0.4 is 0 Å². The fourth-order valence-electron chi connectivity index (χ4n) is 2.24. The highest BCUT2D eigenvalue weighted by molar-refractivity contribution is 5.89. The van der Waals surface area contributed by atoms with Crippen molar-refractivity contribution in [3.8, 4) is 0 Å². The monoisotopic (exact) mass is 262 g/mol. The normalized spacial score (nSPS) is 22.5. The predicted octanol–water partition coefficient (Wildman–Crippen LogP) is 1.91. The molecule has 19 heavy (non-hydrogen) atoms. The van der Waals surface area contributed by atoms with Gasteiger partial charge in [0.15, 0.2) is 5.78 Å². The zero-order chi connectivity index (χ0) is 13.7. The van der Waals surface area contributed by atoms with E-state index in [0.717, 1.165) is 5.56 Å². The minimum absolute atomic E-state index is 0.00557. The van der Waals surface area contributed by atoms with E-state index in [1.807, 2.05) is 30.3 Å². The number of esters is 1. The fourth-order valence-corrected chi connectivity index (χ4v) is 2.24. The van der Waals surface area contributed by atoms with Gasteiger partial charge in [0, 0.05) is 6.42 Å². The molecular formula is C15H18O4. The lowest BCUT2D eigenvalue weighted by Crippen LogP contribution is -2.22. The number of carbonyl (C=O) groups is 2. The fraction of sp³-hybridized carbons (Fsp3) is 0.467. The van der Waals surface area contributed by atoms with Crippen molar-refractivity contribution in [2.24, 2.45) is 0 Å². The molecule has 4 heteroatoms. The standard InChI is InChI=1S/C15H18O4/c1-2-18-15(17)10-14-13(16)9-12(19-14)8-11-6-4-3-5-7-11/h3-7,12,14H,2,8-10H2,1H3/t12-,14+/m0/s1. The Morgan fingerprint density at radius 1 is 1.37 bits per heavy atom. The second-order valence-electron chi connectivity index (χ2n) is 4.62. The van der Waals surface area contributed by atoms with Gasteiger partial charge in [0.1, 0.15) is 6.10 Å². The molecule has 2 atom stereocenters. The summed E-state index contributed by atoms with van der Waals surface area (Å²) in [5.74, 6) is -0.379. The number of ether oxygens (including phenoxy) is 2. The number of carbonyl (C=O) groups excluding carboxylic acids is 2. The molecule has 0 saturated carbocycles. The van der Waals surface area contributed by atoms with Crippen LogP contribution in [0.5, 0.6) is 0 Å². The molecule has 1 saturated heterocycles. The Morgan fingerprint density at radius 3 is 2.79 bits per heavy atom. The molecule has 1 aromatic carbocycles. The van der Waals surface area contributed by atoms with Crippen LogP contribution in [0.1, 0.15) is 25.3 Å². The van der Waals surface area contributed by atoms with Crippen molar-refractivity contribution in [2.45, 2.75) is 38.4 Å². The molecule has 1 aliphatic heterocycles. The average molecular weight is 262 g/mol. The van der Waals surface area contributed by atoms with Gasteiger partial charge in [0.05, 0.1) is 19.1 Å². The van der Waals surface area contributed by atoms with E-state index in [1.54, 1.807) is 6.92 Å². The number of hydrogen-bond acceptors (Lipinski definition) is 4. The third kappa shape index (κ3) is 3.89. The zero-order valence-corrected chi connectivity index (χ0v) is 11.0. The van der Waals surface area contributed by atoms with E-state index in [1.165, 1.54) is 0 Å². The molecule has 1 aliphatic rings. The molecule has 0 unspecified atom stereocenters. The summed E-state index contributed by atoms with van der Waals surface area (Å²) in [5, 5.41) is 0. The van der Waals surface area contributed by atoms with Crippen molar-refractivity contribution in [1.29, 1.82) is 0 Å².